The Bertz CT molecular complexity index is 824. The minimum Gasteiger partial charge on any atom is -0.508 e. The van der Waals surface area contributed by atoms with E-state index < -0.39 is 0 Å². The van der Waals surface area contributed by atoms with E-state index in [4.69, 9.17) is 4.74 Å². The van der Waals surface area contributed by atoms with E-state index in [0.717, 1.165) is 17.0 Å². The van der Waals surface area contributed by atoms with Crippen LogP contribution in [-0.2, 0) is 6.54 Å². The number of hydrogen-bond acceptors (Lipinski definition) is 4. The van der Waals surface area contributed by atoms with E-state index in [9.17, 15) is 5.11 Å². The molecule has 116 valence electrons. The second-order valence-corrected chi connectivity index (χ2v) is 5.79. The molecule has 0 saturated carbocycles. The molecular formula is C19H18N2O2. The fourth-order valence-electron chi connectivity index (χ4n) is 2.87. The molecule has 4 heteroatoms. The van der Waals surface area contributed by atoms with Crippen LogP contribution in [0.2, 0.25) is 0 Å². The van der Waals surface area contributed by atoms with Gasteiger partial charge in [-0.05, 0) is 53.1 Å². The van der Waals surface area contributed by atoms with Gasteiger partial charge in [0.2, 0.25) is 0 Å². The molecule has 23 heavy (non-hydrogen) atoms. The van der Waals surface area contributed by atoms with Crippen molar-refractivity contribution < 1.29 is 9.84 Å². The Labute approximate surface area is 135 Å². The number of phenols is 1. The number of ether oxygens (including phenoxy) is 1. The molecule has 0 amide bonds. The maximum absolute atomic E-state index is 9.56. The SMILES string of the molecule is COc1ccc(C2C=C3C=C3N2)cc1NCc1cccc(O)c1. The molecule has 1 heterocycles. The Morgan fingerprint density at radius 2 is 2.13 bits per heavy atom. The normalized spacial score (nSPS) is 17.7. The quantitative estimate of drug-likeness (QED) is 0.791. The predicted octanol–water partition coefficient (Wildman–Crippen LogP) is 3.48. The van der Waals surface area contributed by atoms with Crippen molar-refractivity contribution in [3.8, 4) is 11.5 Å². The van der Waals surface area contributed by atoms with Crippen molar-refractivity contribution in [3.05, 3.63) is 77.0 Å². The van der Waals surface area contributed by atoms with Crippen LogP contribution < -0.4 is 15.4 Å². The summed E-state index contributed by atoms with van der Waals surface area (Å²) in [5.74, 6) is 1.09. The second kappa shape index (κ2) is 5.39. The van der Waals surface area contributed by atoms with E-state index in [1.54, 1.807) is 19.2 Å². The van der Waals surface area contributed by atoms with Gasteiger partial charge in [0.05, 0.1) is 18.8 Å². The summed E-state index contributed by atoms with van der Waals surface area (Å²) in [7, 11) is 1.67. The van der Waals surface area contributed by atoms with Gasteiger partial charge in [-0.25, -0.2) is 0 Å². The van der Waals surface area contributed by atoms with Crippen LogP contribution in [0.3, 0.4) is 0 Å². The van der Waals surface area contributed by atoms with Crippen molar-refractivity contribution in [2.75, 3.05) is 12.4 Å². The van der Waals surface area contributed by atoms with Gasteiger partial charge in [0, 0.05) is 12.2 Å². The Kier molecular flexibility index (Phi) is 3.23. The van der Waals surface area contributed by atoms with Crippen molar-refractivity contribution in [2.24, 2.45) is 0 Å². The smallest absolute Gasteiger partial charge is 0.141 e. The van der Waals surface area contributed by atoms with Crippen molar-refractivity contribution in [1.82, 2.24) is 5.32 Å². The molecule has 0 fully saturated rings. The van der Waals surface area contributed by atoms with E-state index in [0.29, 0.717) is 6.54 Å². The highest BCUT2D eigenvalue weighted by Gasteiger charge is 2.28. The molecule has 4 rings (SSSR count). The molecule has 2 aliphatic rings. The minimum absolute atomic E-state index is 0.234. The highest BCUT2D eigenvalue weighted by Crippen LogP contribution is 2.39. The standard InChI is InChI=1S/C19H18N2O2/c1-23-19-6-5-13(16-9-14-10-17(14)21-16)8-18(19)20-11-12-3-2-4-15(22)7-12/h2-10,16,20-22H,11H2,1H3. The lowest BCUT2D eigenvalue weighted by Crippen LogP contribution is -2.11. The highest BCUT2D eigenvalue weighted by atomic mass is 16.5. The molecule has 4 nitrogen and oxygen atoms in total. The number of hydrogen-bond donors (Lipinski definition) is 3. The monoisotopic (exact) mass is 306 g/mol. The number of aromatic hydroxyl groups is 1. The van der Waals surface area contributed by atoms with E-state index in [1.807, 2.05) is 18.2 Å². The molecule has 0 saturated heterocycles. The fourth-order valence-corrected chi connectivity index (χ4v) is 2.87. The summed E-state index contributed by atoms with van der Waals surface area (Å²) in [6.07, 6.45) is 4.37. The summed E-state index contributed by atoms with van der Waals surface area (Å²) in [6, 6.07) is 13.7. The first-order valence-electron chi connectivity index (χ1n) is 7.63. The van der Waals surface area contributed by atoms with Gasteiger partial charge in [-0.15, -0.1) is 0 Å². The number of fused-ring (bicyclic) bond motifs is 1. The zero-order valence-electron chi connectivity index (χ0n) is 12.8. The summed E-state index contributed by atoms with van der Waals surface area (Å²) < 4.78 is 5.45. The first kappa shape index (κ1) is 13.8. The molecule has 1 atom stereocenters. The zero-order chi connectivity index (χ0) is 15.8. The summed E-state index contributed by atoms with van der Waals surface area (Å²) in [5, 5.41) is 16.4. The lowest BCUT2D eigenvalue weighted by molar-refractivity contribution is 0.416. The average molecular weight is 306 g/mol. The van der Waals surface area contributed by atoms with Crippen LogP contribution in [0.25, 0.3) is 0 Å². The second-order valence-electron chi connectivity index (χ2n) is 5.79. The zero-order valence-corrected chi connectivity index (χ0v) is 12.8. The third kappa shape index (κ3) is 2.75. The third-order valence-corrected chi connectivity index (χ3v) is 4.16. The maximum Gasteiger partial charge on any atom is 0.141 e. The van der Waals surface area contributed by atoms with Gasteiger partial charge >= 0.3 is 0 Å². The molecule has 0 spiro atoms. The van der Waals surface area contributed by atoms with Crippen molar-refractivity contribution in [3.63, 3.8) is 0 Å². The van der Waals surface area contributed by atoms with Crippen LogP contribution in [0, 0.1) is 0 Å². The van der Waals surface area contributed by atoms with E-state index in [2.05, 4.69) is 34.9 Å². The molecule has 2 aromatic rings. The van der Waals surface area contributed by atoms with Gasteiger partial charge < -0.3 is 20.5 Å². The Hall–Kier alpha value is -2.88. The number of rotatable bonds is 5. The summed E-state index contributed by atoms with van der Waals surface area (Å²) >= 11 is 0. The third-order valence-electron chi connectivity index (χ3n) is 4.16. The topological polar surface area (TPSA) is 53.5 Å². The largest absolute Gasteiger partial charge is 0.508 e. The Morgan fingerprint density at radius 3 is 2.87 bits per heavy atom. The summed E-state index contributed by atoms with van der Waals surface area (Å²) in [6.45, 7) is 0.624. The van der Waals surface area contributed by atoms with E-state index in [1.165, 1.54) is 16.8 Å². The highest BCUT2D eigenvalue weighted by molar-refractivity contribution is 5.64. The van der Waals surface area contributed by atoms with Crippen LogP contribution in [0.1, 0.15) is 17.2 Å². The predicted molar refractivity (Wildman–Crippen MR) is 90.5 cm³/mol. The molecule has 1 aliphatic carbocycles. The molecule has 2 aromatic carbocycles. The number of allylic oxidation sites excluding steroid dienone is 2. The number of nitrogens with one attached hydrogen (secondary N) is 2. The first-order chi connectivity index (χ1) is 11.2. The average Bonchev–Trinajstić information content (AvgIpc) is 3.18. The summed E-state index contributed by atoms with van der Waals surface area (Å²) in [5.41, 5.74) is 5.73. The van der Waals surface area contributed by atoms with E-state index >= 15 is 0 Å². The van der Waals surface area contributed by atoms with Gasteiger partial charge in [-0.2, -0.15) is 0 Å². The number of benzene rings is 2. The Balaban J connectivity index is 1.54. The first-order valence-corrected chi connectivity index (χ1v) is 7.63. The number of methoxy groups -OCH3 is 1. The van der Waals surface area contributed by atoms with Crippen LogP contribution in [0.4, 0.5) is 5.69 Å². The molecular weight excluding hydrogens is 288 g/mol. The molecule has 1 aliphatic heterocycles. The van der Waals surface area contributed by atoms with Gasteiger partial charge in [0.15, 0.2) is 0 Å². The van der Waals surface area contributed by atoms with Gasteiger partial charge in [-0.3, -0.25) is 0 Å². The Morgan fingerprint density at radius 1 is 1.22 bits per heavy atom. The van der Waals surface area contributed by atoms with Gasteiger partial charge in [0.25, 0.3) is 0 Å². The van der Waals surface area contributed by atoms with E-state index in [-0.39, 0.29) is 11.8 Å². The molecule has 1 unspecified atom stereocenters. The molecule has 0 aromatic heterocycles. The molecule has 0 bridgehead atoms. The minimum atomic E-state index is 0.234. The van der Waals surface area contributed by atoms with Crippen molar-refractivity contribution >= 4 is 5.69 Å². The fraction of sp³-hybridized carbons (Fsp3) is 0.158. The molecule has 0 radical (unpaired) electrons. The number of dihydropyridines is 1. The molecule has 3 N–H and O–H groups in total. The number of anilines is 1. The van der Waals surface area contributed by atoms with Crippen molar-refractivity contribution in [1.29, 1.82) is 0 Å². The van der Waals surface area contributed by atoms with Gasteiger partial charge in [0.1, 0.15) is 11.5 Å². The maximum atomic E-state index is 9.56. The van der Waals surface area contributed by atoms with Crippen LogP contribution in [0.5, 0.6) is 11.5 Å². The van der Waals surface area contributed by atoms with Crippen molar-refractivity contribution in [2.45, 2.75) is 12.6 Å². The van der Waals surface area contributed by atoms with Crippen LogP contribution in [0.15, 0.2) is 65.9 Å². The van der Waals surface area contributed by atoms with Gasteiger partial charge in [-0.1, -0.05) is 18.2 Å². The lowest BCUT2D eigenvalue weighted by Gasteiger charge is -2.16. The summed E-state index contributed by atoms with van der Waals surface area (Å²) in [4.78, 5) is 0. The number of phenolic OH excluding ortho intramolecular Hbond substituents is 1. The lowest BCUT2D eigenvalue weighted by atomic mass is 10.1. The van der Waals surface area contributed by atoms with Crippen LogP contribution >= 0.6 is 0 Å². The van der Waals surface area contributed by atoms with Crippen LogP contribution in [-0.4, -0.2) is 12.2 Å².